The fourth-order valence-electron chi connectivity index (χ4n) is 2.21. The molecule has 36 heavy (non-hydrogen) atoms. The molecular weight excluding hydrogens is 511 g/mol. The van der Waals surface area contributed by atoms with Gasteiger partial charge >= 0.3 is 51.8 Å². The molecule has 0 radical (unpaired) electrons. The number of ether oxygens (including phenoxy) is 1. The van der Waals surface area contributed by atoms with Crippen LogP contribution in [-0.2, 0) is 46.2 Å². The quantitative estimate of drug-likeness (QED) is 0.348. The van der Waals surface area contributed by atoms with E-state index in [2.05, 4.69) is 0 Å². The van der Waals surface area contributed by atoms with Gasteiger partial charge in [-0.2, -0.15) is 26.4 Å². The molecule has 15 heteroatoms. The van der Waals surface area contributed by atoms with Crippen molar-refractivity contribution in [2.24, 2.45) is 0 Å². The van der Waals surface area contributed by atoms with Gasteiger partial charge in [0.2, 0.25) is 0 Å². The van der Waals surface area contributed by atoms with Gasteiger partial charge in [0.1, 0.15) is 0 Å². The van der Waals surface area contributed by atoms with Gasteiger partial charge in [-0.15, -0.1) is 0 Å². The summed E-state index contributed by atoms with van der Waals surface area (Å²) < 4.78 is 50.4. The van der Waals surface area contributed by atoms with E-state index in [0.29, 0.717) is 0 Å². The van der Waals surface area contributed by atoms with Crippen molar-refractivity contribution in [1.29, 1.82) is 9.56 Å². The van der Waals surface area contributed by atoms with Crippen molar-refractivity contribution < 1.29 is 66.1 Å². The summed E-state index contributed by atoms with van der Waals surface area (Å²) in [6, 6.07) is 18.8. The number of hydrogen-bond acceptors (Lipinski definition) is 11. The summed E-state index contributed by atoms with van der Waals surface area (Å²) >= 11 is 0. The molecule has 12 nitrogen and oxygen atoms in total. The number of aliphatic carboxylic acids is 1. The van der Waals surface area contributed by atoms with Crippen LogP contribution in [0.25, 0.3) is 0 Å². The molecule has 0 aromatic heterocycles. The Hall–Kier alpha value is -2.86. The van der Waals surface area contributed by atoms with E-state index in [4.69, 9.17) is 36.2 Å². The molecule has 0 saturated heterocycles. The number of carboxylic acids is 1. The Kier molecular flexibility index (Phi) is 25.7. The monoisotopic (exact) mass is 541 g/mol. The number of carbonyl (C=O) groups is 2. The first-order valence-electron chi connectivity index (χ1n) is 9.14. The first-order chi connectivity index (χ1) is 15.1. The maximum atomic E-state index is 11.4. The molecule has 0 saturated carbocycles. The van der Waals surface area contributed by atoms with Gasteiger partial charge in [-0.25, -0.2) is 0 Å². The number of nitrogens with one attached hydrogen (secondary N) is 2. The largest absolute Gasteiger partial charge is 1.00 e. The van der Waals surface area contributed by atoms with E-state index < -0.39 is 37.8 Å². The number of esters is 1. The van der Waals surface area contributed by atoms with Gasteiger partial charge in [-0.3, -0.25) is 9.59 Å². The maximum absolute atomic E-state index is 11.4. The van der Waals surface area contributed by atoms with Crippen molar-refractivity contribution in [2.45, 2.75) is 38.5 Å². The second kappa shape index (κ2) is 21.4. The van der Waals surface area contributed by atoms with Gasteiger partial charge in [0.15, 0.2) is 0 Å². The third kappa shape index (κ3) is 18.5. The fraction of sp³-hybridized carbons (Fsp3) is 0.333. The zero-order valence-electron chi connectivity index (χ0n) is 20.8. The van der Waals surface area contributed by atoms with Crippen LogP contribution in [0.2, 0.25) is 0 Å². The van der Waals surface area contributed by atoms with E-state index in [9.17, 15) is 9.59 Å². The van der Waals surface area contributed by atoms with Crippen LogP contribution >= 0.6 is 0 Å². The van der Waals surface area contributed by atoms with Crippen molar-refractivity contribution >= 4 is 32.9 Å². The third-order valence-electron chi connectivity index (χ3n) is 4.22. The van der Waals surface area contributed by atoms with Crippen molar-refractivity contribution in [3.8, 4) is 0 Å². The summed E-state index contributed by atoms with van der Waals surface area (Å²) in [6.07, 6.45) is 0. The van der Waals surface area contributed by atoms with Gasteiger partial charge in [-0.1, -0.05) is 60.7 Å². The molecular formula is C21H30LiN2O10S2-. The van der Waals surface area contributed by atoms with Crippen LogP contribution in [0, 0.1) is 9.56 Å². The normalized spacial score (nSPS) is 9.03. The second-order valence-electron chi connectivity index (χ2n) is 7.25. The van der Waals surface area contributed by atoms with Crippen LogP contribution in [-0.4, -0.2) is 51.9 Å². The first-order valence-corrected chi connectivity index (χ1v) is 11.3. The maximum Gasteiger partial charge on any atom is 1.00 e. The molecule has 0 fully saturated rings. The van der Waals surface area contributed by atoms with Gasteiger partial charge in [-0.05, 0) is 38.8 Å². The minimum atomic E-state index is -2.61. The Balaban J connectivity index is -0.000000129. The average Bonchev–Trinajstić information content (AvgIpc) is 2.74. The summed E-state index contributed by atoms with van der Waals surface area (Å²) in [5.74, 6) is -1.01. The molecule has 0 aliphatic carbocycles. The SMILES string of the molecule is CC(C)(C(=O)O)c1ccccc1.COC(=O)C(C)(C)c1ccccc1.N=S(=O)=O.N=S(=O)=O.[Li+].[OH-].[OH-]. The molecule has 2 rings (SSSR count). The first kappa shape index (κ1) is 43.2. The van der Waals surface area contributed by atoms with Crippen LogP contribution in [0.3, 0.4) is 0 Å². The van der Waals surface area contributed by atoms with Crippen LogP contribution < -0.4 is 18.9 Å². The smallest absolute Gasteiger partial charge is 0.870 e. The number of methoxy groups -OCH3 is 1. The minimum absolute atomic E-state index is 0. The topological polar surface area (TPSA) is 240 Å². The van der Waals surface area contributed by atoms with E-state index in [1.54, 1.807) is 13.8 Å². The van der Waals surface area contributed by atoms with Crippen LogP contribution in [0.15, 0.2) is 60.7 Å². The molecule has 0 bridgehead atoms. The summed E-state index contributed by atoms with van der Waals surface area (Å²) in [7, 11) is -3.81. The Labute approximate surface area is 225 Å². The third-order valence-corrected chi connectivity index (χ3v) is 4.22. The zero-order valence-corrected chi connectivity index (χ0v) is 22.4. The van der Waals surface area contributed by atoms with E-state index in [0.717, 1.165) is 11.1 Å². The van der Waals surface area contributed by atoms with Gasteiger partial charge < -0.3 is 20.8 Å². The minimum Gasteiger partial charge on any atom is -0.870 e. The number of carbonyl (C=O) groups excluding carboxylic acids is 1. The Morgan fingerprint density at radius 3 is 1.19 bits per heavy atom. The van der Waals surface area contributed by atoms with Crippen molar-refractivity contribution in [3.63, 3.8) is 0 Å². The molecule has 0 unspecified atom stereocenters. The van der Waals surface area contributed by atoms with E-state index >= 15 is 0 Å². The number of hydrogen-bond donors (Lipinski definition) is 3. The van der Waals surface area contributed by atoms with Crippen LogP contribution in [0.5, 0.6) is 0 Å². The molecule has 0 heterocycles. The predicted octanol–water partition coefficient (Wildman–Crippen LogP) is 0.0921. The zero-order chi connectivity index (χ0) is 26.2. The van der Waals surface area contributed by atoms with Crippen molar-refractivity contribution in [1.82, 2.24) is 0 Å². The van der Waals surface area contributed by atoms with Gasteiger partial charge in [0, 0.05) is 0 Å². The van der Waals surface area contributed by atoms with E-state index in [1.165, 1.54) is 7.11 Å². The van der Waals surface area contributed by atoms with Crippen LogP contribution in [0.4, 0.5) is 0 Å². The molecule has 198 valence electrons. The number of carboxylic acid groups (broad SMARTS) is 1. The molecule has 0 amide bonds. The Bertz CT molecular complexity index is 1070. The molecule has 0 aliphatic rings. The fourth-order valence-corrected chi connectivity index (χ4v) is 2.21. The molecule has 2 aromatic carbocycles. The molecule has 2 aromatic rings. The average molecular weight is 542 g/mol. The summed E-state index contributed by atoms with van der Waals surface area (Å²) in [5, 5.41) is 8.89. The van der Waals surface area contributed by atoms with E-state index in [1.807, 2.05) is 74.5 Å². The van der Waals surface area contributed by atoms with Crippen molar-refractivity contribution in [3.05, 3.63) is 71.8 Å². The summed E-state index contributed by atoms with van der Waals surface area (Å²) in [5.41, 5.74) is 0.455. The number of benzene rings is 2. The number of rotatable bonds is 4. The predicted molar refractivity (Wildman–Crippen MR) is 126 cm³/mol. The Morgan fingerprint density at radius 1 is 0.722 bits per heavy atom. The van der Waals surface area contributed by atoms with Crippen LogP contribution in [0.1, 0.15) is 38.8 Å². The second-order valence-corrected chi connectivity index (χ2v) is 8.19. The molecule has 0 aliphatic heterocycles. The van der Waals surface area contributed by atoms with E-state index in [-0.39, 0.29) is 35.8 Å². The summed E-state index contributed by atoms with van der Waals surface area (Å²) in [4.78, 5) is 22.2. The molecule has 0 atom stereocenters. The molecule has 0 spiro atoms. The standard InChI is InChI=1S/C11H14O2.C10H12O2.Li.2HNO2S.2H2O/c1-11(2,10(12)13-3)9-7-5-4-6-8-9;1-10(2,9(11)12)8-6-4-3-5-7-8;;2*1-4(2)3;;/h4-8H,1-3H3;3-7H,1-2H3,(H,11,12);;2*1H;2*1H2/q;;+1;;;;/p-2. The Morgan fingerprint density at radius 2 is 0.972 bits per heavy atom. The van der Waals surface area contributed by atoms with Gasteiger partial charge in [0.25, 0.3) is 0 Å². The molecule has 5 N–H and O–H groups in total. The van der Waals surface area contributed by atoms with Crippen molar-refractivity contribution in [2.75, 3.05) is 7.11 Å². The van der Waals surface area contributed by atoms with Gasteiger partial charge in [0.05, 0.1) is 17.9 Å². The summed E-state index contributed by atoms with van der Waals surface area (Å²) in [6.45, 7) is 7.11.